The molecule has 0 unspecified atom stereocenters. The van der Waals surface area contributed by atoms with Crippen LogP contribution in [0, 0.1) is 0 Å². The average Bonchev–Trinajstić information content (AvgIpc) is 2.92. The second-order valence-corrected chi connectivity index (χ2v) is 9.11. The van der Waals surface area contributed by atoms with E-state index >= 15 is 0 Å². The van der Waals surface area contributed by atoms with Crippen molar-refractivity contribution in [3.05, 3.63) is 0 Å². The fourth-order valence-electron chi connectivity index (χ4n) is 2.55. The van der Waals surface area contributed by atoms with Crippen molar-refractivity contribution in [1.29, 1.82) is 0 Å². The number of carboxylic acid groups (broad SMARTS) is 10. The molecule has 0 saturated carbocycles. The smallest absolute Gasteiger partial charge is 1.00 e. The van der Waals surface area contributed by atoms with Gasteiger partial charge in [0.2, 0.25) is 0 Å². The van der Waals surface area contributed by atoms with E-state index in [0.717, 1.165) is 0 Å². The summed E-state index contributed by atoms with van der Waals surface area (Å²) in [6.07, 6.45) is -1.54. The van der Waals surface area contributed by atoms with E-state index in [9.17, 15) is 47.9 Å². The van der Waals surface area contributed by atoms with Crippen LogP contribution in [0.3, 0.4) is 0 Å². The van der Waals surface area contributed by atoms with E-state index in [2.05, 4.69) is 0 Å². The van der Waals surface area contributed by atoms with Gasteiger partial charge in [0.15, 0.2) is 0 Å². The Morgan fingerprint density at radius 1 is 0.412 bits per heavy atom. The van der Waals surface area contributed by atoms with E-state index in [0.29, 0.717) is 4.90 Å². The molecule has 0 aliphatic heterocycles. The van der Waals surface area contributed by atoms with Crippen LogP contribution in [0.1, 0.15) is 57.1 Å². The summed E-state index contributed by atoms with van der Waals surface area (Å²) in [4.78, 5) is 103. The Bertz CT molecular complexity index is 1060. The zero-order chi connectivity index (χ0) is 38.7. The molecule has 0 aromatic heterocycles. The van der Waals surface area contributed by atoms with Crippen LogP contribution in [0.2, 0.25) is 0 Å². The molecule has 0 aromatic carbocycles. The predicted molar refractivity (Wildman–Crippen MR) is 163 cm³/mol. The van der Waals surface area contributed by atoms with Crippen molar-refractivity contribution in [3.63, 3.8) is 0 Å². The Labute approximate surface area is 368 Å². The van der Waals surface area contributed by atoms with Crippen LogP contribution in [0.4, 0.5) is 0 Å². The maximum absolute atomic E-state index is 10.9. The first-order valence-corrected chi connectivity index (χ1v) is 13.1. The normalized spacial score (nSPS) is 11.6. The summed E-state index contributed by atoms with van der Waals surface area (Å²) >= 11 is 0. The fraction of sp³-hybridized carbons (Fsp3) is 0.583. The molecular formula is C24H44CaN4Na2O20. The molecule has 0 fully saturated rings. The summed E-state index contributed by atoms with van der Waals surface area (Å²) in [5, 5.41) is 83.2. The summed E-state index contributed by atoms with van der Waals surface area (Å²) in [6, 6.07) is -4.64. The topological polar surface area (TPSA) is 454 Å². The van der Waals surface area contributed by atoms with Crippen molar-refractivity contribution in [3.8, 4) is 0 Å². The predicted octanol–water partition coefficient (Wildman–Crippen LogP) is -9.36. The first kappa shape index (κ1) is 63.8. The average molecular weight is 795 g/mol. The molecule has 0 aliphatic rings. The Morgan fingerprint density at radius 2 is 0.627 bits per heavy atom. The monoisotopic (exact) mass is 794 g/mol. The zero-order valence-electron chi connectivity index (χ0n) is 31.8. The third-order valence-corrected chi connectivity index (χ3v) is 4.99. The molecule has 0 amide bonds. The standard InChI is InChI=1S/C9H13NO8.3C5H9NO4.Ca.2Na.4H/c11-6(12)2-1-5(9(17)18)10(3-7(13)14)4-8(15)16;3*6-3(5(9)10)1-2-4(7)8;;;;;;;/h5H,1-4H2,(H,11,12)(H,13,14)(H,15,16)(H,17,18);3*3H,1-2,6H2,(H,7,8)(H,9,10);;;;;;;/q;;;;+2;2*+1;4*-1/t5-;3*3-;;;;;;;/m0000......./s1. The minimum atomic E-state index is -1.46. The maximum atomic E-state index is 10.9. The summed E-state index contributed by atoms with van der Waals surface area (Å²) in [5.41, 5.74) is 15.0. The molecule has 0 radical (unpaired) electrons. The largest absolute Gasteiger partial charge is 2.00 e. The molecule has 16 N–H and O–H groups in total. The van der Waals surface area contributed by atoms with Crippen LogP contribution >= 0.6 is 0 Å². The van der Waals surface area contributed by atoms with Gasteiger partial charge in [-0.3, -0.25) is 52.8 Å². The van der Waals surface area contributed by atoms with E-state index in [1.54, 1.807) is 0 Å². The van der Waals surface area contributed by atoms with Crippen molar-refractivity contribution in [2.24, 2.45) is 17.2 Å². The molecule has 0 spiro atoms. The van der Waals surface area contributed by atoms with E-state index in [-0.39, 0.29) is 148 Å². The minimum absolute atomic E-state index is 0. The van der Waals surface area contributed by atoms with Crippen molar-refractivity contribution in [1.82, 2.24) is 4.90 Å². The maximum Gasteiger partial charge on any atom is 2.00 e. The van der Waals surface area contributed by atoms with Gasteiger partial charge >= 0.3 is 157 Å². The summed E-state index contributed by atoms with van der Waals surface area (Å²) in [7, 11) is 0. The van der Waals surface area contributed by atoms with Crippen LogP contribution in [0.15, 0.2) is 0 Å². The summed E-state index contributed by atoms with van der Waals surface area (Å²) in [5.74, 6) is -12.1. The van der Waals surface area contributed by atoms with Gasteiger partial charge in [0.05, 0.1) is 13.1 Å². The molecular weight excluding hydrogens is 750 g/mol. The van der Waals surface area contributed by atoms with Gasteiger partial charge in [0.25, 0.3) is 0 Å². The molecule has 27 heteroatoms. The van der Waals surface area contributed by atoms with Gasteiger partial charge in [-0.05, 0) is 25.7 Å². The number of hydrogen-bond acceptors (Lipinski definition) is 14. The first-order chi connectivity index (χ1) is 21.8. The van der Waals surface area contributed by atoms with Crippen molar-refractivity contribution in [2.45, 2.75) is 75.5 Å². The van der Waals surface area contributed by atoms with Crippen LogP contribution in [0.5, 0.6) is 0 Å². The van der Waals surface area contributed by atoms with E-state index in [1.165, 1.54) is 0 Å². The number of nitrogens with zero attached hydrogens (tertiary/aromatic N) is 1. The Balaban J connectivity index is -0.0000000518. The van der Waals surface area contributed by atoms with Gasteiger partial charge in [-0.25, -0.2) is 0 Å². The SMILES string of the molecule is N[C@@H](CCC(=O)O)C(=O)O.N[C@@H](CCC(=O)O)C(=O)O.N[C@@H](CCC(=O)O)C(=O)O.O=C(O)CC[C@@H](C(=O)O)N(CC(=O)O)CC(=O)O.[Ca+2].[H-].[H-].[H-].[H-].[Na+].[Na+]. The number of rotatable bonds is 21. The number of aliphatic carboxylic acids is 10. The minimum Gasteiger partial charge on any atom is -1.00 e. The second kappa shape index (κ2) is 37.6. The van der Waals surface area contributed by atoms with Crippen molar-refractivity contribution in [2.75, 3.05) is 13.1 Å². The number of nitrogens with two attached hydrogens (primary N) is 3. The van der Waals surface area contributed by atoms with Gasteiger partial charge in [-0.15, -0.1) is 0 Å². The Morgan fingerprint density at radius 3 is 0.784 bits per heavy atom. The van der Waals surface area contributed by atoms with E-state index in [1.807, 2.05) is 0 Å². The second-order valence-electron chi connectivity index (χ2n) is 9.11. The summed E-state index contributed by atoms with van der Waals surface area (Å²) < 4.78 is 0. The molecule has 4 atom stereocenters. The molecule has 0 aromatic rings. The Kier molecular flexibility index (Phi) is 47.0. The van der Waals surface area contributed by atoms with Crippen LogP contribution in [-0.2, 0) is 47.9 Å². The van der Waals surface area contributed by atoms with E-state index in [4.69, 9.17) is 68.3 Å². The van der Waals surface area contributed by atoms with Crippen LogP contribution in [-0.4, -0.2) is 191 Å². The molecule has 24 nitrogen and oxygen atoms in total. The van der Waals surface area contributed by atoms with Crippen LogP contribution in [0.25, 0.3) is 0 Å². The third kappa shape index (κ3) is 47.8. The molecule has 0 saturated heterocycles. The fourth-order valence-corrected chi connectivity index (χ4v) is 2.55. The third-order valence-electron chi connectivity index (χ3n) is 4.99. The molecule has 0 rings (SSSR count). The van der Waals surface area contributed by atoms with Crippen molar-refractivity contribution < 1.29 is 164 Å². The number of hydrogen-bond donors (Lipinski definition) is 13. The first-order valence-electron chi connectivity index (χ1n) is 13.1. The van der Waals surface area contributed by atoms with Gasteiger partial charge < -0.3 is 74.0 Å². The molecule has 284 valence electrons. The zero-order valence-corrected chi connectivity index (χ0v) is 34.0. The molecule has 0 aliphatic carbocycles. The van der Waals surface area contributed by atoms with Gasteiger partial charge in [0.1, 0.15) is 24.2 Å². The van der Waals surface area contributed by atoms with Gasteiger partial charge in [-0.2, -0.15) is 0 Å². The Hall–Kier alpha value is -2.20. The number of carboxylic acids is 10. The van der Waals surface area contributed by atoms with Gasteiger partial charge in [0, 0.05) is 25.7 Å². The van der Waals surface area contributed by atoms with Gasteiger partial charge in [-0.1, -0.05) is 0 Å². The van der Waals surface area contributed by atoms with Crippen molar-refractivity contribution >= 4 is 97.4 Å². The number of carbonyl (C=O) groups is 10. The molecule has 0 heterocycles. The molecule has 0 bridgehead atoms. The van der Waals surface area contributed by atoms with E-state index < -0.39 is 103 Å². The van der Waals surface area contributed by atoms with Crippen LogP contribution < -0.4 is 76.3 Å². The summed E-state index contributed by atoms with van der Waals surface area (Å²) in [6.45, 7) is -1.58. The quantitative estimate of drug-likeness (QED) is 0.0480. The molecule has 51 heavy (non-hydrogen) atoms.